The number of halogens is 1. The second-order valence-corrected chi connectivity index (χ2v) is 7.23. The van der Waals surface area contributed by atoms with Gasteiger partial charge in [0.1, 0.15) is 5.82 Å². The third-order valence-electron chi connectivity index (χ3n) is 3.65. The molecule has 0 amide bonds. The smallest absolute Gasteiger partial charge is 0.262 e. The highest BCUT2D eigenvalue weighted by Gasteiger charge is 2.16. The van der Waals surface area contributed by atoms with Gasteiger partial charge in [-0.1, -0.05) is 18.2 Å². The van der Waals surface area contributed by atoms with Crippen LogP contribution in [0, 0.1) is 12.7 Å². The summed E-state index contributed by atoms with van der Waals surface area (Å²) in [4.78, 5) is 0.253. The molecule has 2 N–H and O–H groups in total. The first-order valence-electron chi connectivity index (χ1n) is 7.65. The highest BCUT2D eigenvalue weighted by molar-refractivity contribution is 7.92. The minimum Gasteiger partial charge on any atom is -0.356 e. The van der Waals surface area contributed by atoms with E-state index in [-0.39, 0.29) is 10.7 Å². The lowest BCUT2D eigenvalue weighted by atomic mass is 10.2. The molecule has 3 rings (SSSR count). The Balaban J connectivity index is 1.74. The van der Waals surface area contributed by atoms with Crippen molar-refractivity contribution in [3.8, 4) is 0 Å². The number of rotatable bonds is 5. The number of aryl methyl sites for hydroxylation is 1. The first kappa shape index (κ1) is 17.0. The number of sulfonamides is 1. The Bertz CT molecular complexity index is 969. The molecular weight excluding hydrogens is 339 g/mol. The number of anilines is 3. The largest absolute Gasteiger partial charge is 0.356 e. The van der Waals surface area contributed by atoms with Crippen LogP contribution in [-0.4, -0.2) is 8.42 Å². The molecule has 6 heteroatoms. The molecule has 25 heavy (non-hydrogen) atoms. The third-order valence-corrected chi connectivity index (χ3v) is 5.19. The van der Waals surface area contributed by atoms with Crippen LogP contribution in [-0.2, 0) is 10.0 Å². The van der Waals surface area contributed by atoms with Gasteiger partial charge in [-0.05, 0) is 67.1 Å². The molecule has 0 saturated carbocycles. The first-order chi connectivity index (χ1) is 11.9. The Morgan fingerprint density at radius 1 is 0.760 bits per heavy atom. The molecule has 0 aliphatic carbocycles. The molecule has 0 fully saturated rings. The molecule has 128 valence electrons. The van der Waals surface area contributed by atoms with Gasteiger partial charge >= 0.3 is 0 Å². The zero-order valence-corrected chi connectivity index (χ0v) is 14.3. The zero-order chi connectivity index (χ0) is 17.9. The summed E-state index contributed by atoms with van der Waals surface area (Å²) in [5, 5.41) is 3.12. The average molecular weight is 356 g/mol. The van der Waals surface area contributed by atoms with Crippen LogP contribution in [0.1, 0.15) is 5.56 Å². The third kappa shape index (κ3) is 4.16. The lowest BCUT2D eigenvalue weighted by Crippen LogP contribution is -2.14. The second-order valence-electron chi connectivity index (χ2n) is 5.58. The maximum Gasteiger partial charge on any atom is 0.262 e. The SMILES string of the molecule is Cc1ccccc1S(=O)(=O)Nc1ccc(Nc2ccc(F)cc2)cc1. The van der Waals surface area contributed by atoms with Crippen molar-refractivity contribution in [2.45, 2.75) is 11.8 Å². The molecule has 0 aliphatic rings. The molecule has 0 radical (unpaired) electrons. The maximum absolute atomic E-state index is 12.9. The van der Waals surface area contributed by atoms with Crippen molar-refractivity contribution in [1.82, 2.24) is 0 Å². The molecule has 0 aromatic heterocycles. The quantitative estimate of drug-likeness (QED) is 0.698. The molecule has 0 unspecified atom stereocenters. The molecule has 0 bridgehead atoms. The van der Waals surface area contributed by atoms with Gasteiger partial charge in [-0.25, -0.2) is 12.8 Å². The molecule has 0 heterocycles. The van der Waals surface area contributed by atoms with Crippen molar-refractivity contribution in [3.05, 3.63) is 84.2 Å². The molecule has 0 aliphatic heterocycles. The van der Waals surface area contributed by atoms with Crippen molar-refractivity contribution >= 4 is 27.1 Å². The minimum absolute atomic E-state index is 0.253. The fourth-order valence-corrected chi connectivity index (χ4v) is 3.70. The van der Waals surface area contributed by atoms with E-state index in [1.165, 1.54) is 12.1 Å². The van der Waals surface area contributed by atoms with E-state index in [0.29, 0.717) is 11.3 Å². The Labute approximate surface area is 146 Å². The fraction of sp³-hybridized carbons (Fsp3) is 0.0526. The first-order valence-corrected chi connectivity index (χ1v) is 9.13. The minimum atomic E-state index is -3.63. The van der Waals surface area contributed by atoms with Gasteiger partial charge in [-0.15, -0.1) is 0 Å². The van der Waals surface area contributed by atoms with Crippen molar-refractivity contribution in [2.24, 2.45) is 0 Å². The van der Waals surface area contributed by atoms with Crippen LogP contribution in [0.3, 0.4) is 0 Å². The van der Waals surface area contributed by atoms with Gasteiger partial charge in [0.25, 0.3) is 10.0 Å². The topological polar surface area (TPSA) is 58.2 Å². The van der Waals surface area contributed by atoms with Crippen LogP contribution in [0.25, 0.3) is 0 Å². The summed E-state index contributed by atoms with van der Waals surface area (Å²) in [6, 6.07) is 19.6. The van der Waals surface area contributed by atoms with Gasteiger partial charge in [0.15, 0.2) is 0 Å². The Hall–Kier alpha value is -2.86. The molecular formula is C19H17FN2O2S. The molecule has 0 saturated heterocycles. The van der Waals surface area contributed by atoms with Gasteiger partial charge in [0, 0.05) is 17.1 Å². The number of hydrogen-bond acceptors (Lipinski definition) is 3. The molecule has 0 atom stereocenters. The van der Waals surface area contributed by atoms with E-state index >= 15 is 0 Å². The molecule has 4 nitrogen and oxygen atoms in total. The van der Waals surface area contributed by atoms with Crippen molar-refractivity contribution in [2.75, 3.05) is 10.0 Å². The zero-order valence-electron chi connectivity index (χ0n) is 13.5. The van der Waals surface area contributed by atoms with Gasteiger partial charge in [-0.2, -0.15) is 0 Å². The summed E-state index contributed by atoms with van der Waals surface area (Å²) in [6.45, 7) is 1.75. The van der Waals surface area contributed by atoms with E-state index in [9.17, 15) is 12.8 Å². The van der Waals surface area contributed by atoms with Gasteiger partial charge < -0.3 is 5.32 Å². The summed E-state index contributed by atoms with van der Waals surface area (Å²) in [6.07, 6.45) is 0. The predicted octanol–water partition coefficient (Wildman–Crippen LogP) is 4.68. The summed E-state index contributed by atoms with van der Waals surface area (Å²) in [5.41, 5.74) is 2.66. The van der Waals surface area contributed by atoms with E-state index in [0.717, 1.165) is 11.4 Å². The van der Waals surface area contributed by atoms with Gasteiger partial charge in [0.05, 0.1) is 4.90 Å². The number of hydrogen-bond donors (Lipinski definition) is 2. The van der Waals surface area contributed by atoms with Crippen LogP contribution >= 0.6 is 0 Å². The maximum atomic E-state index is 12.9. The summed E-state index contributed by atoms with van der Waals surface area (Å²) in [5.74, 6) is -0.300. The van der Waals surface area contributed by atoms with Crippen LogP contribution in [0.15, 0.2) is 77.7 Å². The monoisotopic (exact) mass is 356 g/mol. The van der Waals surface area contributed by atoms with Crippen LogP contribution in [0.4, 0.5) is 21.5 Å². The summed E-state index contributed by atoms with van der Waals surface area (Å²) >= 11 is 0. The molecule has 0 spiro atoms. The summed E-state index contributed by atoms with van der Waals surface area (Å²) < 4.78 is 40.4. The van der Waals surface area contributed by atoms with E-state index < -0.39 is 10.0 Å². The lowest BCUT2D eigenvalue weighted by molar-refractivity contribution is 0.600. The summed E-state index contributed by atoms with van der Waals surface area (Å²) in [7, 11) is -3.63. The van der Waals surface area contributed by atoms with Gasteiger partial charge in [0.2, 0.25) is 0 Å². The van der Waals surface area contributed by atoms with Crippen molar-refractivity contribution in [3.63, 3.8) is 0 Å². The van der Waals surface area contributed by atoms with E-state index in [1.54, 1.807) is 67.6 Å². The molecule has 3 aromatic rings. The second kappa shape index (κ2) is 6.94. The number of nitrogens with one attached hydrogen (secondary N) is 2. The Morgan fingerprint density at radius 3 is 1.88 bits per heavy atom. The lowest BCUT2D eigenvalue weighted by Gasteiger charge is -2.11. The van der Waals surface area contributed by atoms with E-state index in [2.05, 4.69) is 10.0 Å². The van der Waals surface area contributed by atoms with E-state index in [1.807, 2.05) is 0 Å². The predicted molar refractivity (Wildman–Crippen MR) is 98.1 cm³/mol. The van der Waals surface area contributed by atoms with Crippen molar-refractivity contribution in [1.29, 1.82) is 0 Å². The van der Waals surface area contributed by atoms with Gasteiger partial charge in [-0.3, -0.25) is 4.72 Å². The van der Waals surface area contributed by atoms with Crippen LogP contribution < -0.4 is 10.0 Å². The standard InChI is InChI=1S/C19H17FN2O2S/c1-14-4-2-3-5-19(14)25(23,24)22-18-12-10-17(11-13-18)21-16-8-6-15(20)7-9-16/h2-13,21-22H,1H3. The average Bonchev–Trinajstić information content (AvgIpc) is 2.59. The van der Waals surface area contributed by atoms with Crippen LogP contribution in [0.2, 0.25) is 0 Å². The highest BCUT2D eigenvalue weighted by Crippen LogP contribution is 2.22. The van der Waals surface area contributed by atoms with E-state index in [4.69, 9.17) is 0 Å². The van der Waals surface area contributed by atoms with Crippen molar-refractivity contribution < 1.29 is 12.8 Å². The molecule has 3 aromatic carbocycles. The Morgan fingerprint density at radius 2 is 1.28 bits per heavy atom. The normalized spacial score (nSPS) is 11.1. The Kier molecular flexibility index (Phi) is 4.72. The van der Waals surface area contributed by atoms with Crippen LogP contribution in [0.5, 0.6) is 0 Å². The number of benzene rings is 3. The fourth-order valence-electron chi connectivity index (χ4n) is 2.39. The highest BCUT2D eigenvalue weighted by atomic mass is 32.2.